The second kappa shape index (κ2) is 11.4. The van der Waals surface area contributed by atoms with Gasteiger partial charge >= 0.3 is 12.2 Å². The van der Waals surface area contributed by atoms with Gasteiger partial charge in [0.1, 0.15) is 11.2 Å². The summed E-state index contributed by atoms with van der Waals surface area (Å²) in [6.45, 7) is 22.7. The first kappa shape index (κ1) is 29.7. The van der Waals surface area contributed by atoms with Crippen molar-refractivity contribution in [3.63, 3.8) is 0 Å². The largest absolute Gasteiger partial charge is 0.444 e. The number of carbonyl (C=O) groups excluding carboxylic acids is 2. The molecule has 0 bridgehead atoms. The maximum atomic E-state index is 13.0. The molecule has 194 valence electrons. The van der Waals surface area contributed by atoms with Crippen molar-refractivity contribution in [2.24, 2.45) is 0 Å². The van der Waals surface area contributed by atoms with Crippen LogP contribution in [0.4, 0.5) is 9.59 Å². The summed E-state index contributed by atoms with van der Waals surface area (Å²) >= 11 is 0. The molecule has 1 aliphatic carbocycles. The van der Waals surface area contributed by atoms with Gasteiger partial charge in [0, 0.05) is 12.6 Å². The molecule has 0 aliphatic heterocycles. The van der Waals surface area contributed by atoms with Crippen molar-refractivity contribution in [1.29, 1.82) is 0 Å². The van der Waals surface area contributed by atoms with E-state index in [9.17, 15) is 9.59 Å². The van der Waals surface area contributed by atoms with Crippen molar-refractivity contribution in [2.75, 3.05) is 13.1 Å². The van der Waals surface area contributed by atoms with Crippen LogP contribution in [0.25, 0.3) is 0 Å². The Morgan fingerprint density at radius 2 is 1.27 bits per heavy atom. The summed E-state index contributed by atoms with van der Waals surface area (Å²) in [6, 6.07) is 0.185. The Kier molecular flexibility index (Phi) is 10.3. The van der Waals surface area contributed by atoms with Crippen molar-refractivity contribution in [1.82, 2.24) is 9.96 Å². The van der Waals surface area contributed by atoms with Crippen LogP contribution in [0, 0.1) is 0 Å². The highest BCUT2D eigenvalue weighted by Crippen LogP contribution is 2.37. The molecule has 33 heavy (non-hydrogen) atoms. The summed E-state index contributed by atoms with van der Waals surface area (Å²) in [4.78, 5) is 27.8. The van der Waals surface area contributed by atoms with E-state index in [0.717, 1.165) is 25.7 Å². The molecule has 0 radical (unpaired) electrons. The van der Waals surface area contributed by atoms with Crippen LogP contribution >= 0.6 is 0 Å². The predicted octanol–water partition coefficient (Wildman–Crippen LogP) is 7.12. The van der Waals surface area contributed by atoms with Gasteiger partial charge in [-0.3, -0.25) is 0 Å². The van der Waals surface area contributed by atoms with Crippen LogP contribution in [0.5, 0.6) is 0 Å². The normalized spacial score (nSPS) is 16.3. The Labute approximate surface area is 203 Å². The van der Waals surface area contributed by atoms with Crippen LogP contribution in [0.3, 0.4) is 0 Å². The molecule has 1 saturated carbocycles. The van der Waals surface area contributed by atoms with Gasteiger partial charge in [0.2, 0.25) is 8.32 Å². The second-order valence-electron chi connectivity index (χ2n) is 12.8. The number of nitrogens with zero attached hydrogens (tertiary/aromatic N) is 2. The number of hydroxylamine groups is 2. The van der Waals surface area contributed by atoms with E-state index in [1.165, 1.54) is 11.5 Å². The molecule has 1 fully saturated rings. The average molecular weight is 487 g/mol. The van der Waals surface area contributed by atoms with E-state index in [2.05, 4.69) is 33.9 Å². The Morgan fingerprint density at radius 3 is 1.73 bits per heavy atom. The lowest BCUT2D eigenvalue weighted by atomic mass is 9.94. The number of hydrogen-bond acceptors (Lipinski definition) is 5. The first-order valence-electron chi connectivity index (χ1n) is 12.5. The summed E-state index contributed by atoms with van der Waals surface area (Å²) in [5.74, 6) is 0. The smallest absolute Gasteiger partial charge is 0.433 e. The van der Waals surface area contributed by atoms with Gasteiger partial charge in [-0.1, -0.05) is 40.0 Å². The summed E-state index contributed by atoms with van der Waals surface area (Å²) in [7, 11) is -2.25. The van der Waals surface area contributed by atoms with E-state index in [1.807, 2.05) is 46.4 Å². The molecule has 2 amide bonds. The SMILES string of the molecule is CC(C)(C)OC(=O)N(CCCN(C(=O)OC(C)(C)C)C1CCCCC1)O[Si](C)(C)C(C)(C)C. The highest BCUT2D eigenvalue weighted by Gasteiger charge is 2.41. The lowest BCUT2D eigenvalue weighted by Gasteiger charge is -2.40. The number of carbonyl (C=O) groups is 2. The van der Waals surface area contributed by atoms with Crippen LogP contribution in [0.2, 0.25) is 18.1 Å². The molecule has 0 spiro atoms. The fourth-order valence-corrected chi connectivity index (χ4v) is 4.41. The first-order valence-corrected chi connectivity index (χ1v) is 15.4. The lowest BCUT2D eigenvalue weighted by Crippen LogP contribution is -2.50. The zero-order valence-corrected chi connectivity index (χ0v) is 24.2. The minimum absolute atomic E-state index is 0.0576. The molecule has 0 N–H and O–H groups in total. The van der Waals surface area contributed by atoms with Gasteiger partial charge in [0.15, 0.2) is 0 Å². The van der Waals surface area contributed by atoms with Crippen LogP contribution in [0.15, 0.2) is 0 Å². The van der Waals surface area contributed by atoms with E-state index in [-0.39, 0.29) is 17.2 Å². The highest BCUT2D eigenvalue weighted by atomic mass is 28.4. The van der Waals surface area contributed by atoms with Gasteiger partial charge in [-0.2, -0.15) is 5.06 Å². The molecule has 0 unspecified atom stereocenters. The predicted molar refractivity (Wildman–Crippen MR) is 136 cm³/mol. The summed E-state index contributed by atoms with van der Waals surface area (Å²) in [5, 5.41) is 1.33. The first-order chi connectivity index (χ1) is 14.8. The van der Waals surface area contributed by atoms with Gasteiger partial charge in [0.25, 0.3) is 0 Å². The number of rotatable bonds is 7. The Hall–Kier alpha value is -1.28. The summed E-state index contributed by atoms with van der Waals surface area (Å²) in [6.07, 6.45) is 5.29. The van der Waals surface area contributed by atoms with E-state index in [4.69, 9.17) is 14.0 Å². The van der Waals surface area contributed by atoms with Crippen LogP contribution in [0.1, 0.15) is 101 Å². The Bertz CT molecular complexity index is 641. The fourth-order valence-electron chi connectivity index (χ4n) is 3.42. The molecule has 8 heteroatoms. The molecular weight excluding hydrogens is 436 g/mol. The van der Waals surface area contributed by atoms with Crippen molar-refractivity contribution in [3.8, 4) is 0 Å². The summed E-state index contributed by atoms with van der Waals surface area (Å²) < 4.78 is 17.7. The maximum Gasteiger partial charge on any atom is 0.433 e. The number of ether oxygens (including phenoxy) is 2. The second-order valence-corrected chi connectivity index (χ2v) is 17.5. The third-order valence-electron chi connectivity index (χ3n) is 6.15. The van der Waals surface area contributed by atoms with E-state index in [1.54, 1.807) is 0 Å². The highest BCUT2D eigenvalue weighted by molar-refractivity contribution is 6.74. The Balaban J connectivity index is 2.95. The zero-order valence-electron chi connectivity index (χ0n) is 23.2. The lowest BCUT2D eigenvalue weighted by molar-refractivity contribution is -0.0834. The summed E-state index contributed by atoms with van der Waals surface area (Å²) in [5.41, 5.74) is -1.16. The number of amides is 2. The molecule has 0 aromatic heterocycles. The van der Waals surface area contributed by atoms with E-state index < -0.39 is 25.6 Å². The van der Waals surface area contributed by atoms with Crippen molar-refractivity contribution < 1.29 is 23.6 Å². The maximum absolute atomic E-state index is 13.0. The zero-order chi connectivity index (χ0) is 25.7. The molecular formula is C25H50N2O5Si. The van der Waals surface area contributed by atoms with Gasteiger partial charge < -0.3 is 18.9 Å². The molecule has 0 heterocycles. The van der Waals surface area contributed by atoms with Gasteiger partial charge in [-0.05, 0) is 78.9 Å². The van der Waals surface area contributed by atoms with Crippen molar-refractivity contribution in [2.45, 2.75) is 136 Å². The molecule has 0 aromatic carbocycles. The number of hydrogen-bond donors (Lipinski definition) is 0. The monoisotopic (exact) mass is 486 g/mol. The van der Waals surface area contributed by atoms with Crippen LogP contribution < -0.4 is 0 Å². The average Bonchev–Trinajstić information content (AvgIpc) is 2.61. The van der Waals surface area contributed by atoms with Gasteiger partial charge in [-0.25, -0.2) is 9.59 Å². The molecule has 0 atom stereocenters. The van der Waals surface area contributed by atoms with Crippen LogP contribution in [-0.2, 0) is 14.0 Å². The molecule has 0 saturated heterocycles. The minimum Gasteiger partial charge on any atom is -0.444 e. The van der Waals surface area contributed by atoms with Gasteiger partial charge in [0.05, 0.1) is 6.54 Å². The molecule has 7 nitrogen and oxygen atoms in total. The molecule has 1 rings (SSSR count). The fraction of sp³-hybridized carbons (Fsp3) is 0.920. The topological polar surface area (TPSA) is 68.3 Å². The Morgan fingerprint density at radius 1 is 0.788 bits per heavy atom. The molecule has 1 aliphatic rings. The van der Waals surface area contributed by atoms with E-state index >= 15 is 0 Å². The van der Waals surface area contributed by atoms with Gasteiger partial charge in [-0.15, -0.1) is 0 Å². The standard InChI is InChI=1S/C25H50N2O5Si/c1-23(2,3)30-21(28)26(20-16-13-12-14-17-20)18-15-19-27(22(29)31-24(4,5)6)32-33(10,11)25(7,8)9/h20H,12-19H2,1-11H3. The quantitative estimate of drug-likeness (QED) is 0.283. The minimum atomic E-state index is -2.25. The molecule has 0 aromatic rings. The van der Waals surface area contributed by atoms with E-state index in [0.29, 0.717) is 19.5 Å². The third-order valence-corrected chi connectivity index (χ3v) is 10.4. The third kappa shape index (κ3) is 10.7. The van der Waals surface area contributed by atoms with Crippen molar-refractivity contribution >= 4 is 20.5 Å². The van der Waals surface area contributed by atoms with Crippen molar-refractivity contribution in [3.05, 3.63) is 0 Å². The van der Waals surface area contributed by atoms with Crippen LogP contribution in [-0.4, -0.2) is 60.8 Å².